The molecule has 0 amide bonds. The van der Waals surface area contributed by atoms with Gasteiger partial charge in [0.1, 0.15) is 18.5 Å². The fourth-order valence-electron chi connectivity index (χ4n) is 1.19. The van der Waals surface area contributed by atoms with Crippen molar-refractivity contribution in [3.63, 3.8) is 0 Å². The molecule has 0 fully saturated rings. The molecule has 0 aliphatic rings. The highest BCUT2D eigenvalue weighted by molar-refractivity contribution is 6.18. The summed E-state index contributed by atoms with van der Waals surface area (Å²) in [7, 11) is 0. The summed E-state index contributed by atoms with van der Waals surface area (Å²) in [6.45, 7) is 0.196. The first-order chi connectivity index (χ1) is 8.67. The van der Waals surface area contributed by atoms with E-state index in [1.54, 1.807) is 12.2 Å². The molecular formula is C11H13ClN2O4. The largest absolute Gasteiger partial charge is 0.490 e. The van der Waals surface area contributed by atoms with Crippen molar-refractivity contribution in [3.8, 4) is 5.75 Å². The third-order valence-electron chi connectivity index (χ3n) is 2.08. The first kappa shape index (κ1) is 14.4. The molecular weight excluding hydrogens is 260 g/mol. The summed E-state index contributed by atoms with van der Waals surface area (Å²) in [6, 6.07) is 5.75. The molecule has 0 radical (unpaired) electrons. The lowest BCUT2D eigenvalue weighted by atomic mass is 10.3. The van der Waals surface area contributed by atoms with Crippen LogP contribution in [0.4, 0.5) is 5.69 Å². The van der Waals surface area contributed by atoms with Gasteiger partial charge in [0.25, 0.3) is 5.69 Å². The Balaban J connectivity index is 2.52. The second-order valence-corrected chi connectivity index (χ2v) is 3.63. The van der Waals surface area contributed by atoms with Crippen LogP contribution in [0.2, 0.25) is 0 Å². The van der Waals surface area contributed by atoms with Crippen molar-refractivity contribution in [2.45, 2.75) is 6.10 Å². The third kappa shape index (κ3) is 4.70. The minimum Gasteiger partial charge on any atom is -0.490 e. The number of allylic oxidation sites excluding steroid dienone is 1. The normalized spacial score (nSPS) is 12.6. The van der Waals surface area contributed by atoms with Crippen LogP contribution in [0.25, 0.3) is 0 Å². The number of hydrogen-bond acceptors (Lipinski definition) is 5. The Hall–Kier alpha value is -1.63. The maximum absolute atomic E-state index is 10.4. The lowest BCUT2D eigenvalue weighted by Gasteiger charge is -2.11. The third-order valence-corrected chi connectivity index (χ3v) is 2.25. The molecule has 2 N–H and O–H groups in total. The zero-order valence-corrected chi connectivity index (χ0v) is 10.2. The van der Waals surface area contributed by atoms with Crippen LogP contribution in [0.15, 0.2) is 36.4 Å². The van der Waals surface area contributed by atoms with Gasteiger partial charge in [-0.05, 0) is 12.1 Å². The average Bonchev–Trinajstić information content (AvgIpc) is 2.39. The highest BCUT2D eigenvalue weighted by atomic mass is 35.5. The first-order valence-corrected chi connectivity index (χ1v) is 5.66. The zero-order chi connectivity index (χ0) is 13.4. The molecule has 7 heteroatoms. The van der Waals surface area contributed by atoms with Crippen LogP contribution >= 0.6 is 11.6 Å². The van der Waals surface area contributed by atoms with Crippen molar-refractivity contribution >= 4 is 17.3 Å². The SMILES string of the molecule is NOC(C=CCCl)COc1ccc([N+](=O)[O-])cc1. The van der Waals surface area contributed by atoms with Crippen molar-refractivity contribution in [1.82, 2.24) is 0 Å². The summed E-state index contributed by atoms with van der Waals surface area (Å²) in [4.78, 5) is 14.6. The minimum atomic E-state index is -0.473. The quantitative estimate of drug-likeness (QED) is 0.355. The van der Waals surface area contributed by atoms with Crippen molar-refractivity contribution in [2.24, 2.45) is 5.90 Å². The van der Waals surface area contributed by atoms with Gasteiger partial charge >= 0.3 is 0 Å². The summed E-state index contributed by atoms with van der Waals surface area (Å²) in [5.74, 6) is 5.94. The molecule has 0 saturated carbocycles. The summed E-state index contributed by atoms with van der Waals surface area (Å²) in [5.41, 5.74) is 0.0102. The van der Waals surface area contributed by atoms with E-state index < -0.39 is 11.0 Å². The predicted octanol–water partition coefficient (Wildman–Crippen LogP) is 2.03. The van der Waals surface area contributed by atoms with Gasteiger partial charge in [0.2, 0.25) is 0 Å². The number of halogens is 1. The Kier molecular flexibility index (Phi) is 6.13. The molecule has 0 heterocycles. The number of benzene rings is 1. The molecule has 18 heavy (non-hydrogen) atoms. The number of rotatable bonds is 7. The van der Waals surface area contributed by atoms with Crippen LogP contribution in [0, 0.1) is 10.1 Å². The molecule has 98 valence electrons. The van der Waals surface area contributed by atoms with Crippen LogP contribution in [-0.2, 0) is 4.84 Å². The van der Waals surface area contributed by atoms with Gasteiger partial charge in [-0.2, -0.15) is 0 Å². The Bertz CT molecular complexity index is 408. The Morgan fingerprint density at radius 1 is 1.44 bits per heavy atom. The lowest BCUT2D eigenvalue weighted by molar-refractivity contribution is -0.384. The van der Waals surface area contributed by atoms with E-state index in [4.69, 9.17) is 22.2 Å². The van der Waals surface area contributed by atoms with Crippen molar-refractivity contribution in [3.05, 3.63) is 46.5 Å². The molecule has 1 unspecified atom stereocenters. The maximum Gasteiger partial charge on any atom is 0.269 e. The topological polar surface area (TPSA) is 87.6 Å². The van der Waals surface area contributed by atoms with Crippen LogP contribution in [-0.4, -0.2) is 23.5 Å². The molecule has 0 aromatic heterocycles. The van der Waals surface area contributed by atoms with Gasteiger partial charge in [-0.3, -0.25) is 15.0 Å². The van der Waals surface area contributed by atoms with Gasteiger partial charge in [-0.15, -0.1) is 11.6 Å². The molecule has 1 atom stereocenters. The fraction of sp³-hybridized carbons (Fsp3) is 0.273. The van der Waals surface area contributed by atoms with Crippen LogP contribution in [0.3, 0.4) is 0 Å². The molecule has 6 nitrogen and oxygen atoms in total. The summed E-state index contributed by atoms with van der Waals surface area (Å²) < 4.78 is 5.37. The standard InChI is InChI=1S/C11H13ClN2O4/c12-7-1-2-11(18-13)8-17-10-5-3-9(4-6-10)14(15)16/h1-6,11H,7-8,13H2. The summed E-state index contributed by atoms with van der Waals surface area (Å²) in [6.07, 6.45) is 2.95. The molecule has 0 aliphatic carbocycles. The molecule has 0 aliphatic heterocycles. The number of nitro groups is 1. The molecule has 1 aromatic carbocycles. The molecule has 0 saturated heterocycles. The maximum atomic E-state index is 10.4. The number of hydrogen-bond donors (Lipinski definition) is 1. The van der Waals surface area contributed by atoms with E-state index in [9.17, 15) is 10.1 Å². The Labute approximate surface area is 109 Å². The van der Waals surface area contributed by atoms with E-state index in [0.717, 1.165) is 0 Å². The van der Waals surface area contributed by atoms with Crippen molar-refractivity contribution < 1.29 is 14.5 Å². The Morgan fingerprint density at radius 3 is 2.61 bits per heavy atom. The number of nitrogens with zero attached hydrogens (tertiary/aromatic N) is 1. The van der Waals surface area contributed by atoms with Crippen LogP contribution in [0.1, 0.15) is 0 Å². The molecule has 1 aromatic rings. The van der Waals surface area contributed by atoms with Crippen LogP contribution < -0.4 is 10.6 Å². The fourth-order valence-corrected chi connectivity index (χ4v) is 1.29. The van der Waals surface area contributed by atoms with Gasteiger partial charge in [0.05, 0.1) is 4.92 Å². The lowest BCUT2D eigenvalue weighted by Crippen LogP contribution is -2.22. The minimum absolute atomic E-state index is 0.0102. The average molecular weight is 273 g/mol. The molecule has 0 bridgehead atoms. The Morgan fingerprint density at radius 2 is 2.11 bits per heavy atom. The smallest absolute Gasteiger partial charge is 0.269 e. The van der Waals surface area contributed by atoms with E-state index in [-0.39, 0.29) is 12.3 Å². The number of ether oxygens (including phenoxy) is 1. The van der Waals surface area contributed by atoms with Gasteiger partial charge in [-0.25, -0.2) is 5.90 Å². The zero-order valence-electron chi connectivity index (χ0n) is 9.49. The van der Waals surface area contributed by atoms with Gasteiger partial charge in [0.15, 0.2) is 0 Å². The highest BCUT2D eigenvalue weighted by Crippen LogP contribution is 2.17. The summed E-state index contributed by atoms with van der Waals surface area (Å²) >= 11 is 5.48. The predicted molar refractivity (Wildman–Crippen MR) is 67.5 cm³/mol. The van der Waals surface area contributed by atoms with Crippen LogP contribution in [0.5, 0.6) is 5.75 Å². The second-order valence-electron chi connectivity index (χ2n) is 3.32. The number of nitro benzene ring substituents is 1. The van der Waals surface area contributed by atoms with E-state index in [1.807, 2.05) is 0 Å². The molecule has 0 spiro atoms. The molecule has 1 rings (SSSR count). The van der Waals surface area contributed by atoms with Crippen molar-refractivity contribution in [2.75, 3.05) is 12.5 Å². The van der Waals surface area contributed by atoms with E-state index in [2.05, 4.69) is 4.84 Å². The second kappa shape index (κ2) is 7.65. The van der Waals surface area contributed by atoms with Gasteiger partial charge < -0.3 is 4.74 Å². The van der Waals surface area contributed by atoms with E-state index >= 15 is 0 Å². The van der Waals surface area contributed by atoms with E-state index in [1.165, 1.54) is 24.3 Å². The first-order valence-electron chi connectivity index (χ1n) is 5.12. The van der Waals surface area contributed by atoms with Gasteiger partial charge in [0, 0.05) is 18.0 Å². The monoisotopic (exact) mass is 272 g/mol. The summed E-state index contributed by atoms with van der Waals surface area (Å²) in [5, 5.41) is 10.4. The highest BCUT2D eigenvalue weighted by Gasteiger charge is 2.07. The number of non-ortho nitro benzene ring substituents is 1. The number of nitrogens with two attached hydrogens (primary N) is 1. The van der Waals surface area contributed by atoms with E-state index in [0.29, 0.717) is 11.6 Å². The number of alkyl halides is 1. The van der Waals surface area contributed by atoms with Gasteiger partial charge in [-0.1, -0.05) is 12.2 Å². The van der Waals surface area contributed by atoms with Crippen molar-refractivity contribution in [1.29, 1.82) is 0 Å².